The number of carbonyl (C=O) groups is 2. The fourth-order valence-electron chi connectivity index (χ4n) is 2.83. The fraction of sp³-hybridized carbons (Fsp3) is 0.400. The largest absolute Gasteiger partial charge is 0.463 e. The van der Waals surface area contributed by atoms with Gasteiger partial charge in [0.2, 0.25) is 0 Å². The van der Waals surface area contributed by atoms with Crippen molar-refractivity contribution in [3.63, 3.8) is 0 Å². The van der Waals surface area contributed by atoms with Crippen LogP contribution in [0, 0.1) is 20.8 Å². The van der Waals surface area contributed by atoms with Gasteiger partial charge in [0.1, 0.15) is 5.70 Å². The Morgan fingerprint density at radius 3 is 2.38 bits per heavy atom. The zero-order valence-corrected chi connectivity index (χ0v) is 16.2. The van der Waals surface area contributed by atoms with Crippen LogP contribution in [0.5, 0.6) is 0 Å². The molecule has 0 aliphatic heterocycles. The van der Waals surface area contributed by atoms with Crippen molar-refractivity contribution in [2.45, 2.75) is 34.6 Å². The summed E-state index contributed by atoms with van der Waals surface area (Å²) in [6.45, 7) is 9.97. The van der Waals surface area contributed by atoms with E-state index < -0.39 is 11.9 Å². The van der Waals surface area contributed by atoms with Gasteiger partial charge in [-0.2, -0.15) is 0 Å². The topological polar surface area (TPSA) is 69.6 Å². The first kappa shape index (κ1) is 19.6. The number of esters is 2. The van der Waals surface area contributed by atoms with Crippen molar-refractivity contribution in [1.82, 2.24) is 4.57 Å². The van der Waals surface area contributed by atoms with Crippen LogP contribution in [0.15, 0.2) is 23.9 Å². The standard InChI is InChI=1S/C20H26N2O4/c1-7-25-19(23)11-17(20(24)26-8-2)21-16-10-15-13(4)14(5)22(6)18(15)9-12(16)3/h9-11,21H,7-8H2,1-6H3. The minimum absolute atomic E-state index is 0.0538. The lowest BCUT2D eigenvalue weighted by atomic mass is 10.1. The van der Waals surface area contributed by atoms with Gasteiger partial charge >= 0.3 is 11.9 Å². The first-order chi connectivity index (χ1) is 12.3. The third-order valence-electron chi connectivity index (χ3n) is 4.47. The number of nitrogens with one attached hydrogen (secondary N) is 1. The third kappa shape index (κ3) is 3.90. The number of nitrogens with zero attached hydrogens (tertiary/aromatic N) is 1. The van der Waals surface area contributed by atoms with Crippen molar-refractivity contribution < 1.29 is 19.1 Å². The van der Waals surface area contributed by atoms with Gasteiger partial charge in [-0.3, -0.25) is 0 Å². The number of rotatable bonds is 6. The smallest absolute Gasteiger partial charge is 0.355 e. The average Bonchev–Trinajstić information content (AvgIpc) is 2.79. The highest BCUT2D eigenvalue weighted by atomic mass is 16.5. The van der Waals surface area contributed by atoms with E-state index in [2.05, 4.69) is 29.8 Å². The molecule has 0 aliphatic carbocycles. The van der Waals surface area contributed by atoms with E-state index in [-0.39, 0.29) is 18.9 Å². The summed E-state index contributed by atoms with van der Waals surface area (Å²) in [5, 5.41) is 4.14. The van der Waals surface area contributed by atoms with Gasteiger partial charge in [-0.25, -0.2) is 9.59 Å². The minimum atomic E-state index is -0.596. The molecule has 0 fully saturated rings. The number of hydrogen-bond acceptors (Lipinski definition) is 5. The van der Waals surface area contributed by atoms with Gasteiger partial charge < -0.3 is 19.4 Å². The summed E-state index contributed by atoms with van der Waals surface area (Å²) in [4.78, 5) is 24.0. The lowest BCUT2D eigenvalue weighted by Gasteiger charge is -2.13. The molecule has 1 aromatic carbocycles. The predicted octanol–water partition coefficient (Wildman–Crippen LogP) is 3.53. The Morgan fingerprint density at radius 2 is 1.77 bits per heavy atom. The van der Waals surface area contributed by atoms with Crippen molar-refractivity contribution in [2.24, 2.45) is 7.05 Å². The maximum absolute atomic E-state index is 12.2. The van der Waals surface area contributed by atoms with E-state index in [1.54, 1.807) is 13.8 Å². The number of anilines is 1. The maximum atomic E-state index is 12.2. The number of benzene rings is 1. The Kier molecular flexibility index (Phi) is 6.08. The minimum Gasteiger partial charge on any atom is -0.463 e. The number of ether oxygens (including phenoxy) is 2. The SMILES string of the molecule is CCOC(=O)C=C(Nc1cc2c(C)c(C)n(C)c2cc1C)C(=O)OCC. The van der Waals surface area contributed by atoms with E-state index in [0.29, 0.717) is 0 Å². The molecular formula is C20H26N2O4. The van der Waals surface area contributed by atoms with E-state index >= 15 is 0 Å². The molecule has 2 aromatic rings. The highest BCUT2D eigenvalue weighted by Gasteiger charge is 2.17. The molecule has 0 bridgehead atoms. The van der Waals surface area contributed by atoms with Crippen LogP contribution in [-0.2, 0) is 26.1 Å². The summed E-state index contributed by atoms with van der Waals surface area (Å²) in [6.07, 6.45) is 1.13. The normalized spacial score (nSPS) is 11.5. The predicted molar refractivity (Wildman–Crippen MR) is 102 cm³/mol. The van der Waals surface area contributed by atoms with Gasteiger partial charge in [-0.05, 0) is 57.9 Å². The van der Waals surface area contributed by atoms with Crippen molar-refractivity contribution in [3.05, 3.63) is 40.7 Å². The van der Waals surface area contributed by atoms with Crippen LogP contribution in [0.3, 0.4) is 0 Å². The molecule has 26 heavy (non-hydrogen) atoms. The quantitative estimate of drug-likeness (QED) is 0.632. The Balaban J connectivity index is 2.47. The van der Waals surface area contributed by atoms with E-state index in [1.807, 2.05) is 20.0 Å². The second kappa shape index (κ2) is 8.08. The molecule has 0 radical (unpaired) electrons. The van der Waals surface area contributed by atoms with Crippen molar-refractivity contribution in [3.8, 4) is 0 Å². The molecule has 0 saturated carbocycles. The molecule has 1 heterocycles. The Hall–Kier alpha value is -2.76. The molecule has 1 aromatic heterocycles. The molecule has 6 nitrogen and oxygen atoms in total. The summed E-state index contributed by atoms with van der Waals surface area (Å²) in [6, 6.07) is 4.05. The lowest BCUT2D eigenvalue weighted by molar-refractivity contribution is -0.140. The third-order valence-corrected chi connectivity index (χ3v) is 4.47. The summed E-state index contributed by atoms with van der Waals surface area (Å²) in [5.74, 6) is -1.19. The van der Waals surface area contributed by atoms with Crippen LogP contribution in [0.4, 0.5) is 5.69 Å². The summed E-state index contributed by atoms with van der Waals surface area (Å²) < 4.78 is 12.1. The summed E-state index contributed by atoms with van der Waals surface area (Å²) in [7, 11) is 2.03. The first-order valence-electron chi connectivity index (χ1n) is 8.68. The fourth-order valence-corrected chi connectivity index (χ4v) is 2.83. The monoisotopic (exact) mass is 358 g/mol. The van der Waals surface area contributed by atoms with Gasteiger partial charge in [-0.1, -0.05) is 0 Å². The van der Waals surface area contributed by atoms with Crippen LogP contribution < -0.4 is 5.32 Å². The van der Waals surface area contributed by atoms with Gasteiger partial charge in [0, 0.05) is 29.3 Å². The van der Waals surface area contributed by atoms with E-state index in [4.69, 9.17) is 9.47 Å². The highest BCUT2D eigenvalue weighted by Crippen LogP contribution is 2.30. The van der Waals surface area contributed by atoms with Crippen LogP contribution >= 0.6 is 0 Å². The molecule has 140 valence electrons. The molecule has 6 heteroatoms. The molecule has 0 spiro atoms. The summed E-state index contributed by atoms with van der Waals surface area (Å²) in [5.41, 5.74) is 5.24. The molecule has 0 unspecified atom stereocenters. The van der Waals surface area contributed by atoms with E-state index in [0.717, 1.165) is 28.2 Å². The van der Waals surface area contributed by atoms with E-state index in [9.17, 15) is 9.59 Å². The zero-order chi connectivity index (χ0) is 19.4. The lowest BCUT2D eigenvalue weighted by Crippen LogP contribution is -2.17. The number of hydrogen-bond donors (Lipinski definition) is 1. The van der Waals surface area contributed by atoms with Crippen molar-refractivity contribution in [1.29, 1.82) is 0 Å². The second-order valence-corrected chi connectivity index (χ2v) is 6.11. The van der Waals surface area contributed by atoms with Crippen LogP contribution in [-0.4, -0.2) is 29.7 Å². The number of fused-ring (bicyclic) bond motifs is 1. The molecule has 1 N–H and O–H groups in total. The Labute approximate surface area is 153 Å². The molecular weight excluding hydrogens is 332 g/mol. The molecule has 0 amide bonds. The number of aryl methyl sites for hydroxylation is 3. The summed E-state index contributed by atoms with van der Waals surface area (Å²) >= 11 is 0. The number of aromatic nitrogens is 1. The van der Waals surface area contributed by atoms with Crippen LogP contribution in [0.25, 0.3) is 10.9 Å². The molecule has 0 aliphatic rings. The van der Waals surface area contributed by atoms with Crippen molar-refractivity contribution >= 4 is 28.5 Å². The average molecular weight is 358 g/mol. The van der Waals surface area contributed by atoms with Gasteiger partial charge in [0.25, 0.3) is 0 Å². The highest BCUT2D eigenvalue weighted by molar-refractivity contribution is 6.00. The van der Waals surface area contributed by atoms with Gasteiger partial charge in [-0.15, -0.1) is 0 Å². The van der Waals surface area contributed by atoms with Gasteiger partial charge in [0.05, 0.1) is 19.3 Å². The van der Waals surface area contributed by atoms with Crippen LogP contribution in [0.2, 0.25) is 0 Å². The van der Waals surface area contributed by atoms with E-state index in [1.165, 1.54) is 11.3 Å². The zero-order valence-electron chi connectivity index (χ0n) is 16.2. The van der Waals surface area contributed by atoms with Gasteiger partial charge in [0.15, 0.2) is 0 Å². The second-order valence-electron chi connectivity index (χ2n) is 6.11. The Morgan fingerprint density at radius 1 is 1.12 bits per heavy atom. The Bertz CT molecular complexity index is 878. The van der Waals surface area contributed by atoms with Crippen LogP contribution in [0.1, 0.15) is 30.7 Å². The maximum Gasteiger partial charge on any atom is 0.355 e. The number of carbonyl (C=O) groups excluding carboxylic acids is 2. The molecule has 0 saturated heterocycles. The van der Waals surface area contributed by atoms with Crippen molar-refractivity contribution in [2.75, 3.05) is 18.5 Å². The molecule has 0 atom stereocenters. The molecule has 2 rings (SSSR count). The first-order valence-corrected chi connectivity index (χ1v) is 8.68.